The number of hydrogen-bond donors (Lipinski definition) is 0. The summed E-state index contributed by atoms with van der Waals surface area (Å²) in [4.78, 5) is 0. The Kier molecular flexibility index (Phi) is 8.06. The maximum atomic E-state index is 15.1. The van der Waals surface area contributed by atoms with Crippen LogP contribution in [0.25, 0.3) is 22.3 Å². The third kappa shape index (κ3) is 6.03. The molecule has 2 fully saturated rings. The maximum Gasteiger partial charge on any atom is 0.194 e. The van der Waals surface area contributed by atoms with Gasteiger partial charge >= 0.3 is 0 Å². The van der Waals surface area contributed by atoms with Crippen LogP contribution in [0.3, 0.4) is 0 Å². The molecule has 39 heavy (non-hydrogen) atoms. The molecular formula is C32H29F5O2. The standard InChI is InChI=1S/C32H29F5O2/c1-18-16-38-32(39-17-18)21-6-3-20(4-7-21)5-8-22-12-28(34)26(11-19(22)2)23-9-10-25(27(33)13-23)24-14-29(35)31(37)30(36)15-24/h9-15,18,20-21,32H,3-4,6-7,16-17H2,1-2H3. The second-order valence-electron chi connectivity index (χ2n) is 10.6. The van der Waals surface area contributed by atoms with Gasteiger partial charge in [-0.05, 0) is 79.6 Å². The van der Waals surface area contributed by atoms with Crippen LogP contribution in [-0.4, -0.2) is 19.5 Å². The molecule has 3 aromatic carbocycles. The summed E-state index contributed by atoms with van der Waals surface area (Å²) < 4.78 is 82.2. The Balaban J connectivity index is 1.29. The average Bonchev–Trinajstić information content (AvgIpc) is 2.92. The van der Waals surface area contributed by atoms with Crippen LogP contribution in [0, 0.1) is 65.6 Å². The largest absolute Gasteiger partial charge is 0.352 e. The molecular weight excluding hydrogens is 511 g/mol. The van der Waals surface area contributed by atoms with Crippen molar-refractivity contribution in [2.75, 3.05) is 13.2 Å². The third-order valence-electron chi connectivity index (χ3n) is 7.55. The molecule has 0 N–H and O–H groups in total. The summed E-state index contributed by atoms with van der Waals surface area (Å²) >= 11 is 0. The van der Waals surface area contributed by atoms with Gasteiger partial charge in [-0.3, -0.25) is 0 Å². The van der Waals surface area contributed by atoms with Crippen molar-refractivity contribution in [3.05, 3.63) is 82.7 Å². The molecule has 0 spiro atoms. The molecule has 0 unspecified atom stereocenters. The number of hydrogen-bond acceptors (Lipinski definition) is 2. The van der Waals surface area contributed by atoms with Gasteiger partial charge in [0, 0.05) is 34.4 Å². The van der Waals surface area contributed by atoms with Gasteiger partial charge in [-0.2, -0.15) is 0 Å². The monoisotopic (exact) mass is 540 g/mol. The molecule has 0 bridgehead atoms. The number of halogens is 5. The predicted molar refractivity (Wildman–Crippen MR) is 139 cm³/mol. The summed E-state index contributed by atoms with van der Waals surface area (Å²) in [6, 6.07) is 8.25. The minimum absolute atomic E-state index is 0.123. The first kappa shape index (κ1) is 27.4. The second kappa shape index (κ2) is 11.5. The van der Waals surface area contributed by atoms with E-state index in [0.29, 0.717) is 17.4 Å². The van der Waals surface area contributed by atoms with Crippen LogP contribution in [0.15, 0.2) is 42.5 Å². The predicted octanol–water partition coefficient (Wildman–Crippen LogP) is 8.19. The zero-order chi connectivity index (χ0) is 27.7. The van der Waals surface area contributed by atoms with Crippen LogP contribution < -0.4 is 0 Å². The van der Waals surface area contributed by atoms with Crippen molar-refractivity contribution in [1.29, 1.82) is 0 Å². The van der Waals surface area contributed by atoms with Gasteiger partial charge in [-0.25, -0.2) is 22.0 Å². The van der Waals surface area contributed by atoms with E-state index in [-0.39, 0.29) is 34.5 Å². The van der Waals surface area contributed by atoms with Gasteiger partial charge in [-0.1, -0.05) is 30.9 Å². The van der Waals surface area contributed by atoms with Crippen molar-refractivity contribution < 1.29 is 31.4 Å². The summed E-state index contributed by atoms with van der Waals surface area (Å²) in [5.74, 6) is 1.63. The van der Waals surface area contributed by atoms with Gasteiger partial charge in [0.25, 0.3) is 0 Å². The van der Waals surface area contributed by atoms with E-state index in [1.54, 1.807) is 6.07 Å². The molecule has 204 valence electrons. The third-order valence-corrected chi connectivity index (χ3v) is 7.55. The molecule has 1 saturated heterocycles. The Morgan fingerprint density at radius 1 is 0.718 bits per heavy atom. The molecule has 0 radical (unpaired) electrons. The van der Waals surface area contributed by atoms with E-state index in [4.69, 9.17) is 9.47 Å². The minimum Gasteiger partial charge on any atom is -0.352 e. The van der Waals surface area contributed by atoms with Crippen LogP contribution in [0.4, 0.5) is 22.0 Å². The van der Waals surface area contributed by atoms with Crippen LogP contribution in [-0.2, 0) is 9.47 Å². The fourth-order valence-electron chi connectivity index (χ4n) is 5.27. The Morgan fingerprint density at radius 3 is 1.97 bits per heavy atom. The molecule has 1 saturated carbocycles. The molecule has 0 atom stereocenters. The molecule has 0 aromatic heterocycles. The number of ether oxygens (including phenoxy) is 2. The highest BCUT2D eigenvalue weighted by Gasteiger charge is 2.31. The number of benzene rings is 3. The lowest BCUT2D eigenvalue weighted by atomic mass is 9.81. The van der Waals surface area contributed by atoms with Crippen molar-refractivity contribution in [2.24, 2.45) is 17.8 Å². The zero-order valence-corrected chi connectivity index (χ0v) is 21.8. The van der Waals surface area contributed by atoms with Crippen LogP contribution >= 0.6 is 0 Å². The lowest BCUT2D eigenvalue weighted by Gasteiger charge is -2.36. The van der Waals surface area contributed by atoms with Gasteiger partial charge < -0.3 is 9.47 Å². The SMILES string of the molecule is Cc1cc(-c2ccc(-c3cc(F)c(F)c(F)c3)c(F)c2)c(F)cc1C#CC1CCC(C2OCC(C)CO2)CC1. The Hall–Kier alpha value is -3.21. The van der Waals surface area contributed by atoms with E-state index in [1.807, 2.05) is 6.92 Å². The van der Waals surface area contributed by atoms with Crippen LogP contribution in [0.5, 0.6) is 0 Å². The van der Waals surface area contributed by atoms with Crippen molar-refractivity contribution in [3.8, 4) is 34.1 Å². The Bertz CT molecular complexity index is 1400. The second-order valence-corrected chi connectivity index (χ2v) is 10.6. The molecule has 1 heterocycles. The molecule has 1 aliphatic carbocycles. The lowest BCUT2D eigenvalue weighted by molar-refractivity contribution is -0.226. The average molecular weight is 541 g/mol. The van der Waals surface area contributed by atoms with Gasteiger partial charge in [0.05, 0.1) is 13.2 Å². The molecule has 0 amide bonds. The molecule has 5 rings (SSSR count). The Labute approximate surface area is 225 Å². The van der Waals surface area contributed by atoms with Gasteiger partial charge in [-0.15, -0.1) is 0 Å². The summed E-state index contributed by atoms with van der Waals surface area (Å²) in [5, 5.41) is 0. The smallest absolute Gasteiger partial charge is 0.194 e. The van der Waals surface area contributed by atoms with Crippen molar-refractivity contribution >= 4 is 0 Å². The summed E-state index contributed by atoms with van der Waals surface area (Å²) in [6.07, 6.45) is 3.69. The number of rotatable bonds is 3. The first-order valence-electron chi connectivity index (χ1n) is 13.2. The van der Waals surface area contributed by atoms with Gasteiger partial charge in [0.15, 0.2) is 23.7 Å². The molecule has 2 aliphatic rings. The van der Waals surface area contributed by atoms with Crippen LogP contribution in [0.1, 0.15) is 43.7 Å². The van der Waals surface area contributed by atoms with E-state index < -0.39 is 29.1 Å². The van der Waals surface area contributed by atoms with E-state index in [2.05, 4.69) is 18.8 Å². The topological polar surface area (TPSA) is 18.5 Å². The van der Waals surface area contributed by atoms with E-state index >= 15 is 4.39 Å². The highest BCUT2D eigenvalue weighted by Crippen LogP contribution is 2.35. The first-order valence-corrected chi connectivity index (χ1v) is 13.2. The van der Waals surface area contributed by atoms with E-state index in [9.17, 15) is 17.6 Å². The minimum atomic E-state index is -1.62. The highest BCUT2D eigenvalue weighted by molar-refractivity contribution is 5.72. The fraction of sp³-hybridized carbons (Fsp3) is 0.375. The molecule has 2 nitrogen and oxygen atoms in total. The summed E-state index contributed by atoms with van der Waals surface area (Å²) in [6.45, 7) is 5.39. The quantitative estimate of drug-likeness (QED) is 0.189. The van der Waals surface area contributed by atoms with E-state index in [1.165, 1.54) is 18.2 Å². The summed E-state index contributed by atoms with van der Waals surface area (Å²) in [7, 11) is 0. The molecule has 1 aliphatic heterocycles. The number of aryl methyl sites for hydroxylation is 1. The molecule has 3 aromatic rings. The fourth-order valence-corrected chi connectivity index (χ4v) is 5.27. The van der Waals surface area contributed by atoms with Crippen molar-refractivity contribution in [1.82, 2.24) is 0 Å². The normalized spacial score (nSPS) is 23.3. The van der Waals surface area contributed by atoms with Crippen LogP contribution in [0.2, 0.25) is 0 Å². The zero-order valence-electron chi connectivity index (χ0n) is 21.8. The van der Waals surface area contributed by atoms with Crippen molar-refractivity contribution in [2.45, 2.75) is 45.8 Å². The van der Waals surface area contributed by atoms with Crippen molar-refractivity contribution in [3.63, 3.8) is 0 Å². The summed E-state index contributed by atoms with van der Waals surface area (Å²) in [5.41, 5.74) is 1.49. The lowest BCUT2D eigenvalue weighted by Crippen LogP contribution is -2.37. The van der Waals surface area contributed by atoms with E-state index in [0.717, 1.165) is 62.7 Å². The van der Waals surface area contributed by atoms with Gasteiger partial charge in [0.2, 0.25) is 0 Å². The van der Waals surface area contributed by atoms with Gasteiger partial charge in [0.1, 0.15) is 11.6 Å². The first-order chi connectivity index (χ1) is 18.7. The maximum absolute atomic E-state index is 15.1. The molecule has 7 heteroatoms. The highest BCUT2D eigenvalue weighted by atomic mass is 19.2. The Morgan fingerprint density at radius 2 is 1.33 bits per heavy atom.